The van der Waals surface area contributed by atoms with E-state index in [9.17, 15) is 4.79 Å². The Hall–Kier alpha value is -0.980. The number of halogens is 1. The first kappa shape index (κ1) is 15.1. The lowest BCUT2D eigenvalue weighted by Gasteiger charge is -2.10. The van der Waals surface area contributed by atoms with Crippen LogP contribution < -0.4 is 16.4 Å². The van der Waals surface area contributed by atoms with Gasteiger partial charge in [-0.15, -0.1) is 0 Å². The summed E-state index contributed by atoms with van der Waals surface area (Å²) in [7, 11) is 0. The summed E-state index contributed by atoms with van der Waals surface area (Å²) in [5.41, 5.74) is 7.46. The average Bonchev–Trinajstić information content (AvgIpc) is 2.29. The van der Waals surface area contributed by atoms with Gasteiger partial charge in [0.1, 0.15) is 0 Å². The van der Waals surface area contributed by atoms with Crippen molar-refractivity contribution in [3.05, 3.63) is 21.8 Å². The summed E-state index contributed by atoms with van der Waals surface area (Å²) in [6.45, 7) is 5.47. The number of nitrogen functional groups attached to an aromatic ring is 1. The Morgan fingerprint density at radius 3 is 2.78 bits per heavy atom. The van der Waals surface area contributed by atoms with Gasteiger partial charge < -0.3 is 16.4 Å². The number of nitrogens with one attached hydrogen (secondary N) is 2. The zero-order valence-electron chi connectivity index (χ0n) is 10.8. The average molecular weight is 361 g/mol. The molecule has 100 valence electrons. The van der Waals surface area contributed by atoms with Crippen molar-refractivity contribution in [3.63, 3.8) is 0 Å². The fraction of sp³-hybridized carbons (Fsp3) is 0.462. The van der Waals surface area contributed by atoms with E-state index in [-0.39, 0.29) is 5.91 Å². The van der Waals surface area contributed by atoms with Crippen LogP contribution in [-0.4, -0.2) is 19.0 Å². The molecule has 1 aromatic rings. The third kappa shape index (κ3) is 5.57. The monoisotopic (exact) mass is 361 g/mol. The molecule has 0 heterocycles. The predicted octanol–water partition coefficient (Wildman–Crippen LogP) is 2.45. The standard InChI is InChI=1S/C13H20IN3O/c1-9(2)8-17-13(18)5-6-16-12-4-3-10(14)7-11(12)15/h3-4,7,9,16H,5-6,8,15H2,1-2H3,(H,17,18). The Morgan fingerprint density at radius 1 is 1.44 bits per heavy atom. The molecular weight excluding hydrogens is 341 g/mol. The van der Waals surface area contributed by atoms with Crippen molar-refractivity contribution >= 4 is 39.9 Å². The summed E-state index contributed by atoms with van der Waals surface area (Å²) in [6.07, 6.45) is 0.456. The van der Waals surface area contributed by atoms with Crippen LogP contribution in [0, 0.1) is 9.49 Å². The van der Waals surface area contributed by atoms with Crippen molar-refractivity contribution in [2.24, 2.45) is 5.92 Å². The second-order valence-electron chi connectivity index (χ2n) is 4.61. The van der Waals surface area contributed by atoms with Gasteiger partial charge in [0.25, 0.3) is 0 Å². The number of benzene rings is 1. The smallest absolute Gasteiger partial charge is 0.221 e. The number of anilines is 2. The molecule has 0 aromatic heterocycles. The summed E-state index contributed by atoms with van der Waals surface area (Å²) in [6, 6.07) is 5.82. The van der Waals surface area contributed by atoms with E-state index in [0.717, 1.165) is 15.8 Å². The number of rotatable bonds is 6. The Morgan fingerprint density at radius 2 is 2.17 bits per heavy atom. The third-order valence-electron chi connectivity index (χ3n) is 2.39. The zero-order chi connectivity index (χ0) is 13.5. The molecule has 5 heteroatoms. The van der Waals surface area contributed by atoms with E-state index in [1.165, 1.54) is 0 Å². The SMILES string of the molecule is CC(C)CNC(=O)CCNc1ccc(I)cc1N. The van der Waals surface area contributed by atoms with Crippen LogP contribution in [0.25, 0.3) is 0 Å². The normalized spacial score (nSPS) is 10.4. The molecule has 0 aliphatic rings. The summed E-state index contributed by atoms with van der Waals surface area (Å²) in [5, 5.41) is 6.05. The van der Waals surface area contributed by atoms with Gasteiger partial charge in [-0.3, -0.25) is 4.79 Å². The van der Waals surface area contributed by atoms with E-state index in [4.69, 9.17) is 5.73 Å². The maximum Gasteiger partial charge on any atom is 0.221 e. The molecule has 0 fully saturated rings. The van der Waals surface area contributed by atoms with Crippen LogP contribution >= 0.6 is 22.6 Å². The van der Waals surface area contributed by atoms with Gasteiger partial charge in [-0.1, -0.05) is 13.8 Å². The van der Waals surface area contributed by atoms with Gasteiger partial charge in [-0.25, -0.2) is 0 Å². The highest BCUT2D eigenvalue weighted by Gasteiger charge is 2.03. The largest absolute Gasteiger partial charge is 0.397 e. The molecule has 0 spiro atoms. The minimum atomic E-state index is 0.0697. The molecule has 1 rings (SSSR count). The second kappa shape index (κ2) is 7.45. The number of amides is 1. The highest BCUT2D eigenvalue weighted by Crippen LogP contribution is 2.20. The van der Waals surface area contributed by atoms with Crippen molar-refractivity contribution in [1.29, 1.82) is 0 Å². The lowest BCUT2D eigenvalue weighted by atomic mass is 10.2. The molecule has 4 nitrogen and oxygen atoms in total. The second-order valence-corrected chi connectivity index (χ2v) is 5.85. The van der Waals surface area contributed by atoms with E-state index in [0.29, 0.717) is 24.6 Å². The molecule has 0 aliphatic carbocycles. The first-order valence-electron chi connectivity index (χ1n) is 6.04. The first-order valence-corrected chi connectivity index (χ1v) is 7.12. The number of hydrogen-bond donors (Lipinski definition) is 3. The van der Waals surface area contributed by atoms with Gasteiger partial charge in [0.05, 0.1) is 11.4 Å². The number of carbonyl (C=O) groups is 1. The minimum absolute atomic E-state index is 0.0697. The molecule has 0 saturated heterocycles. The number of carbonyl (C=O) groups excluding carboxylic acids is 1. The lowest BCUT2D eigenvalue weighted by molar-refractivity contribution is -0.120. The van der Waals surface area contributed by atoms with Crippen molar-refractivity contribution in [2.45, 2.75) is 20.3 Å². The van der Waals surface area contributed by atoms with Gasteiger partial charge in [-0.2, -0.15) is 0 Å². The van der Waals surface area contributed by atoms with Crippen LogP contribution in [0.2, 0.25) is 0 Å². The fourth-order valence-corrected chi connectivity index (χ4v) is 1.93. The molecule has 18 heavy (non-hydrogen) atoms. The van der Waals surface area contributed by atoms with E-state index in [1.54, 1.807) is 0 Å². The zero-order valence-corrected chi connectivity index (χ0v) is 13.0. The van der Waals surface area contributed by atoms with Gasteiger partial charge in [0, 0.05) is 23.1 Å². The summed E-state index contributed by atoms with van der Waals surface area (Å²) in [5.74, 6) is 0.550. The summed E-state index contributed by atoms with van der Waals surface area (Å²) >= 11 is 2.22. The molecule has 0 unspecified atom stereocenters. The summed E-state index contributed by atoms with van der Waals surface area (Å²) < 4.78 is 1.10. The van der Waals surface area contributed by atoms with Crippen LogP contribution in [0.5, 0.6) is 0 Å². The topological polar surface area (TPSA) is 67.2 Å². The van der Waals surface area contributed by atoms with Crippen LogP contribution in [-0.2, 0) is 4.79 Å². The molecule has 1 aromatic carbocycles. The van der Waals surface area contributed by atoms with Crippen molar-refractivity contribution in [2.75, 3.05) is 24.1 Å². The van der Waals surface area contributed by atoms with Crippen LogP contribution in [0.1, 0.15) is 20.3 Å². The molecule has 1 amide bonds. The fourth-order valence-electron chi connectivity index (χ4n) is 1.41. The van der Waals surface area contributed by atoms with E-state index >= 15 is 0 Å². The maximum absolute atomic E-state index is 11.5. The molecule has 0 bridgehead atoms. The third-order valence-corrected chi connectivity index (χ3v) is 3.06. The Bertz CT molecular complexity index is 407. The van der Waals surface area contributed by atoms with Gasteiger partial charge in [-0.05, 0) is 46.7 Å². The Labute approximate surface area is 122 Å². The molecule has 0 atom stereocenters. The van der Waals surface area contributed by atoms with E-state index in [2.05, 4.69) is 47.1 Å². The van der Waals surface area contributed by atoms with Crippen LogP contribution in [0.15, 0.2) is 18.2 Å². The van der Waals surface area contributed by atoms with E-state index in [1.807, 2.05) is 18.2 Å². The van der Waals surface area contributed by atoms with E-state index < -0.39 is 0 Å². The van der Waals surface area contributed by atoms with Gasteiger partial charge >= 0.3 is 0 Å². The number of hydrogen-bond acceptors (Lipinski definition) is 3. The van der Waals surface area contributed by atoms with Crippen molar-refractivity contribution in [1.82, 2.24) is 5.32 Å². The summed E-state index contributed by atoms with van der Waals surface area (Å²) in [4.78, 5) is 11.5. The lowest BCUT2D eigenvalue weighted by Crippen LogP contribution is -2.28. The molecule has 0 saturated carbocycles. The highest BCUT2D eigenvalue weighted by atomic mass is 127. The first-order chi connectivity index (χ1) is 8.49. The molecule has 4 N–H and O–H groups in total. The van der Waals surface area contributed by atoms with Crippen molar-refractivity contribution in [3.8, 4) is 0 Å². The molecule has 0 aliphatic heterocycles. The van der Waals surface area contributed by atoms with Crippen molar-refractivity contribution < 1.29 is 4.79 Å². The van der Waals surface area contributed by atoms with Crippen LogP contribution in [0.4, 0.5) is 11.4 Å². The highest BCUT2D eigenvalue weighted by molar-refractivity contribution is 14.1. The number of nitrogens with two attached hydrogens (primary N) is 1. The molecular formula is C13H20IN3O. The maximum atomic E-state index is 11.5. The van der Waals surface area contributed by atoms with Gasteiger partial charge in [0.15, 0.2) is 0 Å². The van der Waals surface area contributed by atoms with Gasteiger partial charge in [0.2, 0.25) is 5.91 Å². The van der Waals surface area contributed by atoms with Crippen LogP contribution in [0.3, 0.4) is 0 Å². The Kier molecular flexibility index (Phi) is 6.24. The minimum Gasteiger partial charge on any atom is -0.397 e. The molecule has 0 radical (unpaired) electrons. The Balaban J connectivity index is 2.31. The quantitative estimate of drug-likeness (QED) is 0.539. The predicted molar refractivity (Wildman–Crippen MR) is 84.5 cm³/mol.